The number of rotatable bonds is 8. The van der Waals surface area contributed by atoms with Crippen LogP contribution in [-0.4, -0.2) is 53.8 Å². The van der Waals surface area contributed by atoms with Crippen molar-refractivity contribution in [3.05, 3.63) is 78.2 Å². The van der Waals surface area contributed by atoms with Crippen molar-refractivity contribution < 1.29 is 9.59 Å². The summed E-state index contributed by atoms with van der Waals surface area (Å²) in [6.07, 6.45) is 5.72. The minimum atomic E-state index is -0.656. The van der Waals surface area contributed by atoms with Crippen LogP contribution in [0.1, 0.15) is 40.1 Å². The van der Waals surface area contributed by atoms with Crippen LogP contribution in [0.25, 0.3) is 10.9 Å². The lowest BCUT2D eigenvalue weighted by molar-refractivity contribution is 0.0954. The number of carbonyl (C=O) groups excluding carboxylic acids is 2. The zero-order valence-corrected chi connectivity index (χ0v) is 21.6. The topological polar surface area (TPSA) is 117 Å². The second-order valence-electron chi connectivity index (χ2n) is 9.85. The van der Waals surface area contributed by atoms with E-state index in [4.69, 9.17) is 10.7 Å². The van der Waals surface area contributed by atoms with Gasteiger partial charge >= 0.3 is 0 Å². The summed E-state index contributed by atoms with van der Waals surface area (Å²) < 4.78 is 0. The van der Waals surface area contributed by atoms with Crippen molar-refractivity contribution in [3.8, 4) is 0 Å². The molecule has 1 amide bonds. The van der Waals surface area contributed by atoms with Gasteiger partial charge in [0, 0.05) is 62.1 Å². The number of amides is 1. The van der Waals surface area contributed by atoms with Crippen LogP contribution in [0.15, 0.2) is 67.0 Å². The maximum atomic E-state index is 13.0. The molecule has 3 N–H and O–H groups in total. The number of aromatic nitrogens is 3. The smallest absolute Gasteiger partial charge is 0.271 e. The Labute approximate surface area is 221 Å². The lowest BCUT2D eigenvalue weighted by Crippen LogP contribution is -2.37. The molecule has 0 spiro atoms. The molecule has 0 radical (unpaired) electrons. The molecule has 2 aromatic carbocycles. The molecule has 9 heteroatoms. The Kier molecular flexibility index (Phi) is 7.17. The van der Waals surface area contributed by atoms with Crippen LogP contribution in [0.2, 0.25) is 0 Å². The minimum absolute atomic E-state index is 0.0740. The first-order chi connectivity index (χ1) is 18.4. The van der Waals surface area contributed by atoms with Crippen LogP contribution < -0.4 is 20.9 Å². The number of nitrogens with two attached hydrogens (primary N) is 1. The molecule has 1 fully saturated rings. The zero-order valence-electron chi connectivity index (χ0n) is 21.6. The van der Waals surface area contributed by atoms with E-state index in [2.05, 4.69) is 20.2 Å². The van der Waals surface area contributed by atoms with Gasteiger partial charge in [-0.1, -0.05) is 6.07 Å². The van der Waals surface area contributed by atoms with E-state index in [9.17, 15) is 9.59 Å². The number of Topliss-reactive ketones (excluding diaryl/α,β-unsaturated/α-hetero) is 1. The highest BCUT2D eigenvalue weighted by atomic mass is 16.1. The van der Waals surface area contributed by atoms with Gasteiger partial charge in [0.2, 0.25) is 0 Å². The van der Waals surface area contributed by atoms with Crippen LogP contribution in [0, 0.1) is 5.92 Å². The largest absolute Gasteiger partial charge is 0.378 e. The van der Waals surface area contributed by atoms with Crippen molar-refractivity contribution in [1.82, 2.24) is 15.0 Å². The van der Waals surface area contributed by atoms with E-state index in [1.54, 1.807) is 12.4 Å². The second-order valence-corrected chi connectivity index (χ2v) is 9.85. The molecule has 4 aromatic rings. The fraction of sp³-hybridized carbons (Fsp3) is 0.276. The highest BCUT2D eigenvalue weighted by molar-refractivity contribution is 5.97. The van der Waals surface area contributed by atoms with Crippen LogP contribution in [0.5, 0.6) is 0 Å². The van der Waals surface area contributed by atoms with E-state index in [1.807, 2.05) is 73.6 Å². The number of benzene rings is 2. The number of primary amides is 1. The zero-order chi connectivity index (χ0) is 26.6. The molecule has 9 nitrogen and oxygen atoms in total. The number of nitrogens with one attached hydrogen (secondary N) is 1. The first kappa shape index (κ1) is 25.1. The molecule has 1 saturated heterocycles. The average molecular weight is 510 g/mol. The molecule has 1 aliphatic heterocycles. The number of pyridine rings is 1. The van der Waals surface area contributed by atoms with Crippen LogP contribution in [0.4, 0.5) is 23.0 Å². The maximum Gasteiger partial charge on any atom is 0.271 e. The maximum absolute atomic E-state index is 13.0. The number of carbonyl (C=O) groups is 2. The van der Waals surface area contributed by atoms with Gasteiger partial charge in [-0.25, -0.2) is 9.97 Å². The van der Waals surface area contributed by atoms with Crippen LogP contribution >= 0.6 is 0 Å². The highest BCUT2D eigenvalue weighted by Crippen LogP contribution is 2.28. The van der Waals surface area contributed by atoms with Gasteiger partial charge in [-0.15, -0.1) is 0 Å². The normalized spacial score (nSPS) is 15.3. The average Bonchev–Trinajstić information content (AvgIpc) is 2.93. The highest BCUT2D eigenvalue weighted by Gasteiger charge is 2.25. The van der Waals surface area contributed by atoms with Crippen molar-refractivity contribution in [3.63, 3.8) is 0 Å². The molecule has 1 atom stereocenters. The summed E-state index contributed by atoms with van der Waals surface area (Å²) in [5.41, 5.74) is 9.09. The van der Waals surface area contributed by atoms with Crippen molar-refractivity contribution in [2.75, 3.05) is 42.3 Å². The molecular formula is C29H31N7O2. The Bertz CT molecular complexity index is 1470. The molecule has 1 aliphatic rings. The van der Waals surface area contributed by atoms with E-state index in [-0.39, 0.29) is 17.4 Å². The Hall–Kier alpha value is -4.53. The lowest BCUT2D eigenvalue weighted by Gasteiger charge is -2.33. The van der Waals surface area contributed by atoms with Gasteiger partial charge < -0.3 is 20.9 Å². The number of fused-ring (bicyclic) bond motifs is 1. The SMILES string of the molecule is CN(C)c1ccc(C(=O)C[C@@H]2CCCN(c3cnc(C(N)=O)c(Nc4ccc5ncccc5c4)n3)C2)cc1. The first-order valence-corrected chi connectivity index (χ1v) is 12.7. The third kappa shape index (κ3) is 5.56. The van der Waals surface area contributed by atoms with Crippen molar-refractivity contribution in [1.29, 1.82) is 0 Å². The van der Waals surface area contributed by atoms with Crippen molar-refractivity contribution in [2.45, 2.75) is 19.3 Å². The number of anilines is 4. The third-order valence-corrected chi connectivity index (χ3v) is 6.88. The molecule has 194 valence electrons. The van der Waals surface area contributed by atoms with E-state index in [0.717, 1.165) is 47.2 Å². The predicted molar refractivity (Wildman–Crippen MR) is 150 cm³/mol. The Balaban J connectivity index is 1.32. The van der Waals surface area contributed by atoms with Crippen molar-refractivity contribution >= 4 is 45.6 Å². The number of ketones is 1. The molecule has 0 saturated carbocycles. The van der Waals surface area contributed by atoms with E-state index in [0.29, 0.717) is 24.6 Å². The summed E-state index contributed by atoms with van der Waals surface area (Å²) >= 11 is 0. The number of piperidine rings is 1. The lowest BCUT2D eigenvalue weighted by atomic mass is 9.91. The Morgan fingerprint density at radius 3 is 2.68 bits per heavy atom. The van der Waals surface area contributed by atoms with E-state index in [1.165, 1.54) is 0 Å². The summed E-state index contributed by atoms with van der Waals surface area (Å²) in [4.78, 5) is 42.6. The molecule has 0 bridgehead atoms. The molecule has 2 aromatic heterocycles. The molecule has 5 rings (SSSR count). The number of hydrogen-bond donors (Lipinski definition) is 2. The monoisotopic (exact) mass is 509 g/mol. The van der Waals surface area contributed by atoms with Gasteiger partial charge in [0.25, 0.3) is 5.91 Å². The fourth-order valence-electron chi connectivity index (χ4n) is 4.85. The van der Waals surface area contributed by atoms with Gasteiger partial charge in [0.1, 0.15) is 5.82 Å². The van der Waals surface area contributed by atoms with Gasteiger partial charge in [-0.2, -0.15) is 0 Å². The van der Waals surface area contributed by atoms with E-state index >= 15 is 0 Å². The summed E-state index contributed by atoms with van der Waals surface area (Å²) in [6.45, 7) is 1.49. The van der Waals surface area contributed by atoms with Gasteiger partial charge in [0.05, 0.1) is 11.7 Å². The molecular weight excluding hydrogens is 478 g/mol. The number of hydrogen-bond acceptors (Lipinski definition) is 8. The standard InChI is InChI=1S/C29H31N7O2/c1-35(2)23-10-7-20(8-11-23)25(37)15-19-5-4-14-36(18-19)26-17-32-27(28(30)38)29(34-26)33-22-9-12-24-21(16-22)6-3-13-31-24/h3,6-13,16-17,19H,4-5,14-15,18H2,1-2H3,(H2,30,38)(H,33,34)/t19-/m0/s1. The molecule has 0 aliphatic carbocycles. The van der Waals surface area contributed by atoms with Gasteiger partial charge in [-0.3, -0.25) is 14.6 Å². The Morgan fingerprint density at radius 2 is 1.92 bits per heavy atom. The Morgan fingerprint density at radius 1 is 1.11 bits per heavy atom. The summed E-state index contributed by atoms with van der Waals surface area (Å²) in [5, 5.41) is 4.18. The minimum Gasteiger partial charge on any atom is -0.378 e. The van der Waals surface area contributed by atoms with Crippen LogP contribution in [-0.2, 0) is 0 Å². The summed E-state index contributed by atoms with van der Waals surface area (Å²) in [6, 6.07) is 17.3. The second kappa shape index (κ2) is 10.8. The van der Waals surface area contributed by atoms with Gasteiger partial charge in [0.15, 0.2) is 17.3 Å². The van der Waals surface area contributed by atoms with E-state index < -0.39 is 5.91 Å². The fourth-order valence-corrected chi connectivity index (χ4v) is 4.85. The third-order valence-electron chi connectivity index (χ3n) is 6.88. The summed E-state index contributed by atoms with van der Waals surface area (Å²) in [5.74, 6) is 0.638. The number of nitrogens with zero attached hydrogens (tertiary/aromatic N) is 5. The molecule has 0 unspecified atom stereocenters. The quantitative estimate of drug-likeness (QED) is 0.335. The molecule has 3 heterocycles. The van der Waals surface area contributed by atoms with Crippen LogP contribution in [0.3, 0.4) is 0 Å². The van der Waals surface area contributed by atoms with Crippen molar-refractivity contribution in [2.24, 2.45) is 11.7 Å². The molecule has 38 heavy (non-hydrogen) atoms. The van der Waals surface area contributed by atoms with Gasteiger partial charge in [-0.05, 0) is 67.3 Å². The first-order valence-electron chi connectivity index (χ1n) is 12.7. The predicted octanol–water partition coefficient (Wildman–Crippen LogP) is 4.42. The summed E-state index contributed by atoms with van der Waals surface area (Å²) in [7, 11) is 3.96.